The zero-order valence-electron chi connectivity index (χ0n) is 25.7. The maximum Gasteiger partial charge on any atom is 0.282 e. The number of nitrogens with zero attached hydrogens (tertiary/aromatic N) is 3. The first-order valence-electron chi connectivity index (χ1n) is 15.3. The minimum atomic E-state index is -2.97. The van der Waals surface area contributed by atoms with Crippen molar-refractivity contribution in [2.45, 2.75) is 38.0 Å². The number of anilines is 1. The van der Waals surface area contributed by atoms with Gasteiger partial charge in [-0.25, -0.2) is 22.1 Å². The van der Waals surface area contributed by atoms with Gasteiger partial charge in [0.25, 0.3) is 17.7 Å². The van der Waals surface area contributed by atoms with Gasteiger partial charge < -0.3 is 14.4 Å². The molecule has 8 nitrogen and oxygen atoms in total. The molecule has 2 saturated heterocycles. The molecule has 0 radical (unpaired) electrons. The van der Waals surface area contributed by atoms with E-state index in [0.29, 0.717) is 5.56 Å². The SMILES string of the molecule is CC1(F)C[N+](=c2cc3oc4cc(N5CC(F)(F)C5)c(F)cc4c(-c4cc(C(=O)CCCN5C(=O)C=CC5=O)ccc4CO)c-3cc2F)C1. The first-order valence-corrected chi connectivity index (χ1v) is 15.3. The number of alkyl halides is 3. The van der Waals surface area contributed by atoms with E-state index in [9.17, 15) is 32.7 Å². The third-order valence-electron chi connectivity index (χ3n) is 8.98. The van der Waals surface area contributed by atoms with Crippen LogP contribution in [0.1, 0.15) is 35.7 Å². The molecule has 0 atom stereocenters. The molecular weight excluding hydrogens is 637 g/mol. The van der Waals surface area contributed by atoms with E-state index in [2.05, 4.69) is 0 Å². The Morgan fingerprint density at radius 2 is 1.67 bits per heavy atom. The van der Waals surface area contributed by atoms with Crippen LogP contribution in [0.3, 0.4) is 0 Å². The van der Waals surface area contributed by atoms with Gasteiger partial charge in [-0.3, -0.25) is 19.3 Å². The number of aliphatic hydroxyl groups excluding tert-OH is 1. The largest absolute Gasteiger partial charge is 0.456 e. The van der Waals surface area contributed by atoms with Crippen molar-refractivity contribution in [3.63, 3.8) is 0 Å². The van der Waals surface area contributed by atoms with Gasteiger partial charge in [0.1, 0.15) is 17.2 Å². The Morgan fingerprint density at radius 1 is 0.958 bits per heavy atom. The van der Waals surface area contributed by atoms with Gasteiger partial charge in [0.2, 0.25) is 11.0 Å². The van der Waals surface area contributed by atoms with Crippen LogP contribution in [0.2, 0.25) is 0 Å². The Balaban J connectivity index is 1.36. The number of benzene rings is 3. The van der Waals surface area contributed by atoms with Crippen LogP contribution in [-0.4, -0.2) is 71.9 Å². The summed E-state index contributed by atoms with van der Waals surface area (Å²) in [4.78, 5) is 39.3. The van der Waals surface area contributed by atoms with Crippen LogP contribution in [0.4, 0.5) is 27.6 Å². The second kappa shape index (κ2) is 11.4. The minimum absolute atomic E-state index is 0.0274. The number of halogens is 5. The topological polar surface area (TPSA) is 94.1 Å². The number of fused-ring (bicyclic) bond motifs is 2. The first kappa shape index (κ1) is 31.7. The molecule has 48 heavy (non-hydrogen) atoms. The summed E-state index contributed by atoms with van der Waals surface area (Å²) >= 11 is 0. The van der Waals surface area contributed by atoms with Crippen molar-refractivity contribution in [2.24, 2.45) is 0 Å². The van der Waals surface area contributed by atoms with Crippen LogP contribution in [0.25, 0.3) is 33.4 Å². The molecular formula is C35H29F5N3O5+. The fourth-order valence-electron chi connectivity index (χ4n) is 6.60. The highest BCUT2D eigenvalue weighted by molar-refractivity contribution is 6.13. The van der Waals surface area contributed by atoms with Crippen molar-refractivity contribution in [1.29, 1.82) is 0 Å². The van der Waals surface area contributed by atoms with Crippen LogP contribution in [0, 0.1) is 11.6 Å². The fraction of sp³-hybridized carbons (Fsp3) is 0.314. The van der Waals surface area contributed by atoms with Crippen LogP contribution in [0.5, 0.6) is 0 Å². The van der Waals surface area contributed by atoms with E-state index in [1.54, 1.807) is 0 Å². The molecule has 1 aliphatic carbocycles. The Morgan fingerprint density at radius 3 is 2.31 bits per heavy atom. The summed E-state index contributed by atoms with van der Waals surface area (Å²) in [6, 6.07) is 9.47. The predicted octanol–water partition coefficient (Wildman–Crippen LogP) is 4.83. The van der Waals surface area contributed by atoms with E-state index in [4.69, 9.17) is 4.42 Å². The van der Waals surface area contributed by atoms with Crippen molar-refractivity contribution < 1.29 is 45.9 Å². The summed E-state index contributed by atoms with van der Waals surface area (Å²) in [6.45, 7) is -0.528. The molecule has 2 amide bonds. The standard InChI is InChI=1S/C35H29F5N3O5/c1-34(38)15-41(16-34)26-12-29-22(10-24(26)36)33(23-11-25(37)27(13-30(23)48-29)42-17-35(39,40)18-42)21-9-19(4-5-20(21)14-44)28(45)3-2-8-43-31(46)6-7-32(43)47/h4-7,9-13,44H,2-3,8,14-18H2,1H3/q+1. The number of hydrogen-bond acceptors (Lipinski definition) is 6. The van der Waals surface area contributed by atoms with Gasteiger partial charge in [0, 0.05) is 53.3 Å². The Kier molecular flexibility index (Phi) is 7.50. The van der Waals surface area contributed by atoms with Crippen molar-refractivity contribution in [2.75, 3.05) is 37.6 Å². The molecule has 7 rings (SSSR count). The van der Waals surface area contributed by atoms with Crippen LogP contribution in [0.15, 0.2) is 59.0 Å². The minimum Gasteiger partial charge on any atom is -0.456 e. The average Bonchev–Trinajstić information content (AvgIpc) is 3.33. The molecule has 13 heteroatoms. The molecule has 0 aromatic heterocycles. The van der Waals surface area contributed by atoms with Crippen LogP contribution in [-0.2, 0) is 16.2 Å². The molecule has 5 aliphatic rings. The summed E-state index contributed by atoms with van der Waals surface area (Å²) in [5.74, 6) is -5.63. The third-order valence-corrected chi connectivity index (χ3v) is 8.98. The summed E-state index contributed by atoms with van der Waals surface area (Å²) in [5, 5.41) is 10.6. The van der Waals surface area contributed by atoms with Gasteiger partial charge in [0.05, 0.1) is 31.5 Å². The third kappa shape index (κ3) is 5.55. The first-order chi connectivity index (χ1) is 22.7. The van der Waals surface area contributed by atoms with Crippen molar-refractivity contribution in [3.8, 4) is 22.5 Å². The number of carbonyl (C=O) groups is 3. The van der Waals surface area contributed by atoms with E-state index >= 15 is 8.78 Å². The molecule has 2 aromatic rings. The average molecular weight is 667 g/mol. The second-order valence-corrected chi connectivity index (χ2v) is 12.8. The molecule has 1 N–H and O–H groups in total. The van der Waals surface area contributed by atoms with E-state index in [-0.39, 0.29) is 88.3 Å². The highest BCUT2D eigenvalue weighted by Crippen LogP contribution is 2.44. The van der Waals surface area contributed by atoms with Gasteiger partial charge in [-0.1, -0.05) is 12.1 Å². The number of imide groups is 1. The second-order valence-electron chi connectivity index (χ2n) is 12.8. The zero-order valence-corrected chi connectivity index (χ0v) is 25.7. The Labute approximate surface area is 270 Å². The lowest BCUT2D eigenvalue weighted by atomic mass is 9.88. The normalized spacial score (nSPS) is 20.2. The molecule has 0 spiro atoms. The summed E-state index contributed by atoms with van der Waals surface area (Å²) in [7, 11) is 0. The van der Waals surface area contributed by atoms with Gasteiger partial charge in [-0.2, -0.15) is 4.39 Å². The van der Waals surface area contributed by atoms with E-state index in [1.165, 1.54) is 52.8 Å². The lowest BCUT2D eigenvalue weighted by Crippen LogP contribution is -2.59. The molecule has 248 valence electrons. The lowest BCUT2D eigenvalue weighted by molar-refractivity contribution is -0.136. The quantitative estimate of drug-likeness (QED) is 0.0953. The van der Waals surface area contributed by atoms with Crippen LogP contribution < -0.4 is 14.8 Å². The highest BCUT2D eigenvalue weighted by Gasteiger charge is 2.46. The smallest absolute Gasteiger partial charge is 0.282 e. The molecule has 0 saturated carbocycles. The molecule has 2 fully saturated rings. The molecule has 4 aliphatic heterocycles. The number of hydrogen-bond donors (Lipinski definition) is 1. The maximum absolute atomic E-state index is 15.7. The Hall–Kier alpha value is -4.91. The molecule has 4 heterocycles. The number of carbonyl (C=O) groups excluding carboxylic acids is 3. The number of ketones is 1. The monoisotopic (exact) mass is 666 g/mol. The molecule has 0 bridgehead atoms. The van der Waals surface area contributed by atoms with Crippen molar-refractivity contribution >= 4 is 34.3 Å². The summed E-state index contributed by atoms with van der Waals surface area (Å²) in [5.41, 5.74) is -0.322. The highest BCUT2D eigenvalue weighted by atomic mass is 19.3. The van der Waals surface area contributed by atoms with E-state index < -0.39 is 54.7 Å². The van der Waals surface area contributed by atoms with Gasteiger partial charge in [-0.05, 0) is 42.7 Å². The Bertz CT molecular complexity index is 2090. The molecule has 2 aromatic carbocycles. The number of rotatable bonds is 8. The number of aliphatic hydroxyl groups is 1. The lowest BCUT2D eigenvalue weighted by Gasteiger charge is -2.40. The van der Waals surface area contributed by atoms with Gasteiger partial charge in [-0.15, -0.1) is 0 Å². The zero-order chi connectivity index (χ0) is 34.1. The predicted molar refractivity (Wildman–Crippen MR) is 165 cm³/mol. The number of amides is 2. The summed E-state index contributed by atoms with van der Waals surface area (Å²) in [6.07, 6.45) is 2.48. The van der Waals surface area contributed by atoms with Crippen molar-refractivity contribution in [3.05, 3.63) is 82.7 Å². The van der Waals surface area contributed by atoms with Crippen molar-refractivity contribution in [1.82, 2.24) is 9.48 Å². The van der Waals surface area contributed by atoms with Crippen LogP contribution >= 0.6 is 0 Å². The summed E-state index contributed by atoms with van der Waals surface area (Å²) < 4.78 is 80.7. The van der Waals surface area contributed by atoms with E-state index in [1.807, 2.05) is 0 Å². The maximum atomic E-state index is 15.7. The molecule has 0 unspecified atom stereocenters. The number of Topliss-reactive ketones (excluding diaryl/α,β-unsaturated/α-hetero) is 1. The van der Waals surface area contributed by atoms with Gasteiger partial charge >= 0.3 is 0 Å². The fourth-order valence-corrected chi connectivity index (χ4v) is 6.60. The van der Waals surface area contributed by atoms with E-state index in [0.717, 1.165) is 23.1 Å². The van der Waals surface area contributed by atoms with Gasteiger partial charge in [0.15, 0.2) is 24.7 Å².